The van der Waals surface area contributed by atoms with E-state index in [0.717, 1.165) is 36.3 Å². The quantitative estimate of drug-likeness (QED) is 0.817. The molecule has 0 bridgehead atoms. The minimum atomic E-state index is -0.827. The molecule has 1 heterocycles. The highest BCUT2D eigenvalue weighted by atomic mass is 16.4. The van der Waals surface area contributed by atoms with Crippen LogP contribution in [0.3, 0.4) is 0 Å². The van der Waals surface area contributed by atoms with E-state index in [1.807, 2.05) is 6.92 Å². The van der Waals surface area contributed by atoms with E-state index in [1.54, 1.807) is 4.90 Å². The van der Waals surface area contributed by atoms with Crippen LogP contribution in [0.5, 0.6) is 0 Å². The topological polar surface area (TPSA) is 66.3 Å². The largest absolute Gasteiger partial charge is 0.480 e. The number of likely N-dealkylation sites (N-methyl/N-ethyl adjacent to an activating group) is 1. The Morgan fingerprint density at radius 3 is 3.00 bits per heavy atom. The van der Waals surface area contributed by atoms with Crippen LogP contribution in [0.15, 0.2) is 6.33 Å². The minimum Gasteiger partial charge on any atom is -0.480 e. The molecule has 0 saturated heterocycles. The van der Waals surface area contributed by atoms with Gasteiger partial charge in [0.1, 0.15) is 18.7 Å². The molecule has 0 aliphatic heterocycles. The smallest absolute Gasteiger partial charge is 0.323 e. The molecule has 5 heteroatoms. The van der Waals surface area contributed by atoms with Crippen LogP contribution in [0.25, 0.3) is 0 Å². The number of carboxylic acid groups (broad SMARTS) is 1. The highest BCUT2D eigenvalue weighted by Gasteiger charge is 2.21. The van der Waals surface area contributed by atoms with Gasteiger partial charge in [0, 0.05) is 17.8 Å². The Morgan fingerprint density at radius 2 is 2.31 bits per heavy atom. The maximum absolute atomic E-state index is 10.8. The van der Waals surface area contributed by atoms with Gasteiger partial charge in [-0.05, 0) is 26.2 Å². The average Bonchev–Trinajstić information content (AvgIpc) is 2.73. The van der Waals surface area contributed by atoms with E-state index in [2.05, 4.69) is 9.97 Å². The van der Waals surface area contributed by atoms with Gasteiger partial charge in [-0.1, -0.05) is 0 Å². The SMILES string of the molecule is CCN(CC(=O)O)c1ncnc2c1CCC2. The van der Waals surface area contributed by atoms with Crippen molar-refractivity contribution < 1.29 is 9.90 Å². The summed E-state index contributed by atoms with van der Waals surface area (Å²) in [6, 6.07) is 0. The van der Waals surface area contributed by atoms with Crippen LogP contribution >= 0.6 is 0 Å². The summed E-state index contributed by atoms with van der Waals surface area (Å²) in [7, 11) is 0. The molecule has 0 saturated carbocycles. The predicted molar refractivity (Wildman–Crippen MR) is 59.6 cm³/mol. The summed E-state index contributed by atoms with van der Waals surface area (Å²) in [6.45, 7) is 2.59. The monoisotopic (exact) mass is 221 g/mol. The van der Waals surface area contributed by atoms with E-state index in [4.69, 9.17) is 5.11 Å². The first kappa shape index (κ1) is 10.9. The number of rotatable bonds is 4. The van der Waals surface area contributed by atoms with Gasteiger partial charge in [-0.25, -0.2) is 9.97 Å². The molecule has 1 aliphatic rings. The first-order valence-electron chi connectivity index (χ1n) is 5.52. The van der Waals surface area contributed by atoms with E-state index in [0.29, 0.717) is 6.54 Å². The fraction of sp³-hybridized carbons (Fsp3) is 0.545. The van der Waals surface area contributed by atoms with Crippen LogP contribution in [0, 0.1) is 0 Å². The van der Waals surface area contributed by atoms with Crippen LogP contribution in [0.1, 0.15) is 24.6 Å². The van der Waals surface area contributed by atoms with Crippen molar-refractivity contribution in [3.05, 3.63) is 17.6 Å². The van der Waals surface area contributed by atoms with Gasteiger partial charge in [0.05, 0.1) is 0 Å². The van der Waals surface area contributed by atoms with Crippen molar-refractivity contribution in [2.45, 2.75) is 26.2 Å². The lowest BCUT2D eigenvalue weighted by Crippen LogP contribution is -2.31. The van der Waals surface area contributed by atoms with Crippen LogP contribution in [0.4, 0.5) is 5.82 Å². The van der Waals surface area contributed by atoms with Crippen molar-refractivity contribution in [3.63, 3.8) is 0 Å². The number of aliphatic carboxylic acids is 1. The zero-order valence-corrected chi connectivity index (χ0v) is 9.31. The van der Waals surface area contributed by atoms with Gasteiger partial charge in [0.15, 0.2) is 0 Å². The Hall–Kier alpha value is -1.65. The van der Waals surface area contributed by atoms with Crippen molar-refractivity contribution in [3.8, 4) is 0 Å². The zero-order valence-electron chi connectivity index (χ0n) is 9.31. The number of hydrogen-bond donors (Lipinski definition) is 1. The van der Waals surface area contributed by atoms with Crippen LogP contribution < -0.4 is 4.90 Å². The number of aromatic nitrogens is 2. The number of aryl methyl sites for hydroxylation is 1. The van der Waals surface area contributed by atoms with Gasteiger partial charge in [-0.3, -0.25) is 4.79 Å². The molecule has 0 spiro atoms. The van der Waals surface area contributed by atoms with E-state index < -0.39 is 5.97 Å². The first-order valence-corrected chi connectivity index (χ1v) is 5.52. The van der Waals surface area contributed by atoms with Gasteiger partial charge in [-0.2, -0.15) is 0 Å². The Bertz CT molecular complexity index is 406. The number of nitrogens with zero attached hydrogens (tertiary/aromatic N) is 3. The fourth-order valence-corrected chi connectivity index (χ4v) is 2.11. The molecule has 0 aromatic carbocycles. The molecule has 5 nitrogen and oxygen atoms in total. The Morgan fingerprint density at radius 1 is 1.50 bits per heavy atom. The summed E-state index contributed by atoms with van der Waals surface area (Å²) < 4.78 is 0. The summed E-state index contributed by atoms with van der Waals surface area (Å²) in [6.07, 6.45) is 4.56. The third-order valence-electron chi connectivity index (χ3n) is 2.86. The molecule has 1 aliphatic carbocycles. The number of anilines is 1. The molecule has 86 valence electrons. The van der Waals surface area contributed by atoms with Gasteiger partial charge >= 0.3 is 5.97 Å². The molecule has 1 N–H and O–H groups in total. The van der Waals surface area contributed by atoms with E-state index >= 15 is 0 Å². The number of hydrogen-bond acceptors (Lipinski definition) is 4. The Kier molecular flexibility index (Phi) is 3.03. The second-order valence-corrected chi connectivity index (χ2v) is 3.88. The summed E-state index contributed by atoms with van der Waals surface area (Å²) in [5, 5.41) is 8.84. The van der Waals surface area contributed by atoms with E-state index in [1.165, 1.54) is 6.33 Å². The fourth-order valence-electron chi connectivity index (χ4n) is 2.11. The van der Waals surface area contributed by atoms with Gasteiger partial charge in [0.2, 0.25) is 0 Å². The highest BCUT2D eigenvalue weighted by Crippen LogP contribution is 2.27. The number of fused-ring (bicyclic) bond motifs is 1. The molecule has 2 rings (SSSR count). The van der Waals surface area contributed by atoms with Crippen molar-refractivity contribution in [2.24, 2.45) is 0 Å². The Balaban J connectivity index is 2.31. The molecule has 0 unspecified atom stereocenters. The van der Waals surface area contributed by atoms with E-state index in [9.17, 15) is 4.79 Å². The van der Waals surface area contributed by atoms with Crippen LogP contribution in [0.2, 0.25) is 0 Å². The lowest BCUT2D eigenvalue weighted by Gasteiger charge is -2.21. The minimum absolute atomic E-state index is 0.0000463. The summed E-state index contributed by atoms with van der Waals surface area (Å²) >= 11 is 0. The molecule has 0 fully saturated rings. The summed E-state index contributed by atoms with van der Waals surface area (Å²) in [5.41, 5.74) is 2.21. The molecular weight excluding hydrogens is 206 g/mol. The van der Waals surface area contributed by atoms with Gasteiger partial charge < -0.3 is 10.0 Å². The van der Waals surface area contributed by atoms with Crippen LogP contribution in [-0.4, -0.2) is 34.1 Å². The third kappa shape index (κ3) is 1.98. The molecule has 0 amide bonds. The Labute approximate surface area is 94.1 Å². The second kappa shape index (κ2) is 4.47. The zero-order chi connectivity index (χ0) is 11.5. The standard InChI is InChI=1S/C11H15N3O2/c1-2-14(6-10(15)16)11-8-4-3-5-9(8)12-7-13-11/h7H,2-6H2,1H3,(H,15,16). The van der Waals surface area contributed by atoms with E-state index in [-0.39, 0.29) is 6.54 Å². The number of carbonyl (C=O) groups is 1. The van der Waals surface area contributed by atoms with Gasteiger partial charge in [-0.15, -0.1) is 0 Å². The average molecular weight is 221 g/mol. The third-order valence-corrected chi connectivity index (χ3v) is 2.86. The summed E-state index contributed by atoms with van der Waals surface area (Å²) in [5.74, 6) is -0.0281. The highest BCUT2D eigenvalue weighted by molar-refractivity contribution is 5.73. The maximum atomic E-state index is 10.8. The molecule has 0 atom stereocenters. The maximum Gasteiger partial charge on any atom is 0.323 e. The molecule has 1 aromatic rings. The predicted octanol–water partition coefficient (Wildman–Crippen LogP) is 0.876. The normalized spacial score (nSPS) is 13.6. The number of carboxylic acids is 1. The summed E-state index contributed by atoms with van der Waals surface area (Å²) in [4.78, 5) is 21.0. The molecular formula is C11H15N3O2. The second-order valence-electron chi connectivity index (χ2n) is 3.88. The first-order chi connectivity index (χ1) is 7.72. The molecule has 1 aromatic heterocycles. The van der Waals surface area contributed by atoms with Crippen molar-refractivity contribution in [2.75, 3.05) is 18.0 Å². The molecule has 0 radical (unpaired) electrons. The van der Waals surface area contributed by atoms with Crippen molar-refractivity contribution in [1.29, 1.82) is 0 Å². The van der Waals surface area contributed by atoms with Crippen molar-refractivity contribution >= 4 is 11.8 Å². The van der Waals surface area contributed by atoms with Crippen LogP contribution in [-0.2, 0) is 17.6 Å². The lowest BCUT2D eigenvalue weighted by atomic mass is 10.2. The lowest BCUT2D eigenvalue weighted by molar-refractivity contribution is -0.135. The molecule has 16 heavy (non-hydrogen) atoms. The van der Waals surface area contributed by atoms with Crippen molar-refractivity contribution in [1.82, 2.24) is 9.97 Å². The van der Waals surface area contributed by atoms with Gasteiger partial charge in [0.25, 0.3) is 0 Å².